The van der Waals surface area contributed by atoms with Gasteiger partial charge in [0.15, 0.2) is 0 Å². The average Bonchev–Trinajstić information content (AvgIpc) is 2.78. The molecule has 2 rings (SSSR count). The Balaban J connectivity index is 2.33. The monoisotopic (exact) mass is 460 g/mol. The first-order valence-corrected chi connectivity index (χ1v) is 12.8. The van der Waals surface area contributed by atoms with Gasteiger partial charge in [0.25, 0.3) is 10.0 Å². The van der Waals surface area contributed by atoms with E-state index >= 15 is 0 Å². The topological polar surface area (TPSA) is 75.7 Å². The summed E-state index contributed by atoms with van der Waals surface area (Å²) in [6, 6.07) is 13.5. The molecule has 0 aliphatic carbocycles. The molecule has 176 valence electrons. The maximum Gasteiger partial charge on any atom is 0.264 e. The second-order valence-corrected chi connectivity index (χ2v) is 9.81. The second kappa shape index (κ2) is 12.5. The summed E-state index contributed by atoms with van der Waals surface area (Å²) < 4.78 is 33.9. The van der Waals surface area contributed by atoms with Gasteiger partial charge in [0.1, 0.15) is 12.3 Å². The van der Waals surface area contributed by atoms with Crippen molar-refractivity contribution in [3.05, 3.63) is 54.1 Å². The normalized spacial score (nSPS) is 12.2. The van der Waals surface area contributed by atoms with Gasteiger partial charge in [-0.15, -0.1) is 0 Å². The van der Waals surface area contributed by atoms with Crippen molar-refractivity contribution in [1.82, 2.24) is 5.32 Å². The van der Waals surface area contributed by atoms with Crippen LogP contribution < -0.4 is 14.4 Å². The van der Waals surface area contributed by atoms with Gasteiger partial charge in [0.05, 0.1) is 17.2 Å². The molecule has 6 nitrogen and oxygen atoms in total. The molecule has 32 heavy (non-hydrogen) atoms. The Hall–Kier alpha value is -2.54. The molecule has 1 unspecified atom stereocenters. The van der Waals surface area contributed by atoms with Crippen LogP contribution >= 0.6 is 0 Å². The fraction of sp³-hybridized carbons (Fsp3) is 0.480. The van der Waals surface area contributed by atoms with E-state index in [2.05, 4.69) is 19.2 Å². The Morgan fingerprint density at radius 3 is 2.38 bits per heavy atom. The van der Waals surface area contributed by atoms with Crippen LogP contribution in [0.15, 0.2) is 53.4 Å². The van der Waals surface area contributed by atoms with Crippen LogP contribution in [0.1, 0.15) is 52.0 Å². The number of carbonyl (C=O) groups excluding carboxylic acids is 1. The van der Waals surface area contributed by atoms with Gasteiger partial charge in [-0.1, -0.05) is 62.9 Å². The van der Waals surface area contributed by atoms with E-state index < -0.39 is 10.0 Å². The van der Waals surface area contributed by atoms with Crippen molar-refractivity contribution in [1.29, 1.82) is 0 Å². The zero-order valence-corrected chi connectivity index (χ0v) is 20.5. The van der Waals surface area contributed by atoms with Crippen molar-refractivity contribution >= 4 is 21.6 Å². The second-order valence-electron chi connectivity index (χ2n) is 7.95. The minimum absolute atomic E-state index is 0.136. The van der Waals surface area contributed by atoms with Crippen LogP contribution in [0, 0.1) is 12.8 Å². The van der Waals surface area contributed by atoms with E-state index in [1.807, 2.05) is 13.8 Å². The molecule has 0 spiro atoms. The average molecular weight is 461 g/mol. The Morgan fingerprint density at radius 1 is 1.06 bits per heavy atom. The number of anilines is 1. The highest BCUT2D eigenvalue weighted by Gasteiger charge is 2.29. The van der Waals surface area contributed by atoms with E-state index in [0.29, 0.717) is 30.5 Å². The third-order valence-electron chi connectivity index (χ3n) is 5.46. The fourth-order valence-corrected chi connectivity index (χ4v) is 4.90. The molecule has 0 aromatic heterocycles. The first-order chi connectivity index (χ1) is 15.3. The van der Waals surface area contributed by atoms with Crippen molar-refractivity contribution in [3.8, 4) is 5.75 Å². The third-order valence-corrected chi connectivity index (χ3v) is 7.24. The quantitative estimate of drug-likeness (QED) is 0.460. The molecule has 0 aliphatic heterocycles. The van der Waals surface area contributed by atoms with Gasteiger partial charge in [-0.25, -0.2) is 8.42 Å². The molecular formula is C25H36N2O4S. The Morgan fingerprint density at radius 2 is 1.75 bits per heavy atom. The largest absolute Gasteiger partial charge is 0.492 e. The summed E-state index contributed by atoms with van der Waals surface area (Å²) >= 11 is 0. The van der Waals surface area contributed by atoms with Crippen LogP contribution in [-0.2, 0) is 14.8 Å². The lowest BCUT2D eigenvalue weighted by molar-refractivity contribution is -0.119. The number of aryl methyl sites for hydroxylation is 1. The highest BCUT2D eigenvalue weighted by Crippen LogP contribution is 2.32. The van der Waals surface area contributed by atoms with E-state index in [9.17, 15) is 13.2 Å². The maximum absolute atomic E-state index is 13.6. The lowest BCUT2D eigenvalue weighted by Crippen LogP contribution is -2.42. The highest BCUT2D eigenvalue weighted by atomic mass is 32.2. The molecule has 0 radical (unpaired) electrons. The summed E-state index contributed by atoms with van der Waals surface area (Å²) in [5, 5.41) is 2.94. The number of carbonyl (C=O) groups is 1. The highest BCUT2D eigenvalue weighted by molar-refractivity contribution is 7.92. The Bertz CT molecular complexity index is 958. The number of rotatable bonds is 13. The van der Waals surface area contributed by atoms with Crippen molar-refractivity contribution in [3.63, 3.8) is 0 Å². The minimum Gasteiger partial charge on any atom is -0.492 e. The van der Waals surface area contributed by atoms with Gasteiger partial charge in [-0.2, -0.15) is 0 Å². The van der Waals surface area contributed by atoms with Crippen LogP contribution in [0.5, 0.6) is 5.75 Å². The maximum atomic E-state index is 13.6. The molecule has 0 bridgehead atoms. The predicted molar refractivity (Wildman–Crippen MR) is 130 cm³/mol. The molecule has 2 aromatic rings. The van der Waals surface area contributed by atoms with Crippen LogP contribution in [0.2, 0.25) is 0 Å². The van der Waals surface area contributed by atoms with Crippen molar-refractivity contribution in [2.24, 2.45) is 5.92 Å². The standard InChI is InChI=1S/C25H36N2O4S/c1-5-8-11-21(6-2)18-26-25(28)19-27(23-12-9-10-13-24(23)31-7-3)32(29,30)22-16-14-20(4)15-17-22/h9-10,12-17,21H,5-8,11,18-19H2,1-4H3,(H,26,28). The van der Waals surface area contributed by atoms with Crippen LogP contribution in [0.3, 0.4) is 0 Å². The van der Waals surface area contributed by atoms with E-state index in [4.69, 9.17) is 4.74 Å². The summed E-state index contributed by atoms with van der Waals surface area (Å²) in [7, 11) is -3.97. The first-order valence-electron chi connectivity index (χ1n) is 11.4. The molecule has 1 amide bonds. The molecule has 0 saturated heterocycles. The molecule has 0 fully saturated rings. The van der Waals surface area contributed by atoms with E-state index in [1.54, 1.807) is 48.5 Å². The van der Waals surface area contributed by atoms with Crippen LogP contribution in [-0.4, -0.2) is 34.0 Å². The summed E-state index contributed by atoms with van der Waals surface area (Å²) in [5.74, 6) is 0.478. The molecule has 0 saturated carbocycles. The SMILES string of the molecule is CCCCC(CC)CNC(=O)CN(c1ccccc1OCC)S(=O)(=O)c1ccc(C)cc1. The Kier molecular flexibility index (Phi) is 10.0. The van der Waals surface area contributed by atoms with Gasteiger partial charge >= 0.3 is 0 Å². The van der Waals surface area contributed by atoms with Gasteiger partial charge in [0, 0.05) is 6.54 Å². The molecule has 1 atom stereocenters. The summed E-state index contributed by atoms with van der Waals surface area (Å²) in [4.78, 5) is 13.0. The predicted octanol–water partition coefficient (Wildman–Crippen LogP) is 4.92. The molecule has 7 heteroatoms. The number of unbranched alkanes of at least 4 members (excludes halogenated alkanes) is 1. The van der Waals surface area contributed by atoms with Gasteiger partial charge < -0.3 is 10.1 Å². The Labute approximate surface area is 193 Å². The lowest BCUT2D eigenvalue weighted by atomic mass is 9.99. The number of hydrogen-bond donors (Lipinski definition) is 1. The zero-order chi connectivity index (χ0) is 23.6. The smallest absolute Gasteiger partial charge is 0.264 e. The number of nitrogens with one attached hydrogen (secondary N) is 1. The van der Waals surface area contributed by atoms with E-state index in [-0.39, 0.29) is 17.3 Å². The molecule has 0 aliphatic rings. The van der Waals surface area contributed by atoms with E-state index in [0.717, 1.165) is 35.6 Å². The van der Waals surface area contributed by atoms with E-state index in [1.165, 1.54) is 0 Å². The summed E-state index contributed by atoms with van der Waals surface area (Å²) in [6.45, 7) is 8.61. The van der Waals surface area contributed by atoms with Crippen LogP contribution in [0.25, 0.3) is 0 Å². The van der Waals surface area contributed by atoms with Crippen molar-refractivity contribution < 1.29 is 17.9 Å². The number of benzene rings is 2. The van der Waals surface area contributed by atoms with Crippen molar-refractivity contribution in [2.75, 3.05) is 24.0 Å². The molecule has 1 N–H and O–H groups in total. The number of ether oxygens (including phenoxy) is 1. The van der Waals surface area contributed by atoms with Crippen LogP contribution in [0.4, 0.5) is 5.69 Å². The number of hydrogen-bond acceptors (Lipinski definition) is 4. The fourth-order valence-electron chi connectivity index (χ4n) is 3.47. The minimum atomic E-state index is -3.97. The molecule has 0 heterocycles. The van der Waals surface area contributed by atoms with Gasteiger partial charge in [-0.05, 0) is 50.5 Å². The summed E-state index contributed by atoms with van der Waals surface area (Å²) in [6.07, 6.45) is 4.25. The lowest BCUT2D eigenvalue weighted by Gasteiger charge is -2.26. The molecular weight excluding hydrogens is 424 g/mol. The van der Waals surface area contributed by atoms with Gasteiger partial charge in [-0.3, -0.25) is 9.10 Å². The first kappa shape index (κ1) is 25.7. The summed E-state index contributed by atoms with van der Waals surface area (Å²) in [5.41, 5.74) is 1.31. The number of amides is 1. The number of nitrogens with zero attached hydrogens (tertiary/aromatic N) is 1. The number of para-hydroxylation sites is 2. The zero-order valence-electron chi connectivity index (χ0n) is 19.6. The third kappa shape index (κ3) is 6.99. The number of sulfonamides is 1. The van der Waals surface area contributed by atoms with Gasteiger partial charge in [0.2, 0.25) is 5.91 Å². The van der Waals surface area contributed by atoms with Crippen molar-refractivity contribution in [2.45, 2.75) is 58.3 Å². The molecule has 2 aromatic carbocycles.